The summed E-state index contributed by atoms with van der Waals surface area (Å²) in [6.45, 7) is -0.480. The van der Waals surface area contributed by atoms with E-state index in [1.54, 1.807) is 6.20 Å². The van der Waals surface area contributed by atoms with Crippen LogP contribution in [0.1, 0.15) is 37.1 Å². The van der Waals surface area contributed by atoms with Crippen LogP contribution < -0.4 is 17.2 Å². The molecule has 3 atom stereocenters. The first-order valence-corrected chi connectivity index (χ1v) is 13.8. The molecule has 2 aromatic rings. The minimum atomic E-state index is -1.09. The van der Waals surface area contributed by atoms with E-state index in [1.807, 2.05) is 0 Å². The number of nitrogens with zero attached hydrogens (tertiary/aromatic N) is 9. The summed E-state index contributed by atoms with van der Waals surface area (Å²) in [6, 6.07) is -2.70. The van der Waals surface area contributed by atoms with Gasteiger partial charge in [-0.25, -0.2) is 22.5 Å². The minimum absolute atomic E-state index is 0.0988. The number of hydrogen-bond donors (Lipinski definition) is 6. The number of aromatic nitrogens is 6. The second kappa shape index (κ2) is 21.4. The third-order valence-corrected chi connectivity index (χ3v) is 5.89. The van der Waals surface area contributed by atoms with Crippen LogP contribution in [0.4, 0.5) is 13.2 Å². The molecule has 0 bridgehead atoms. The van der Waals surface area contributed by atoms with E-state index < -0.39 is 56.1 Å². The molecule has 0 amide bonds. The summed E-state index contributed by atoms with van der Waals surface area (Å²) in [5.74, 6) is -3.11. The molecular weight excluding hydrogens is 606 g/mol. The SMILES string of the molecule is NC(CCC1=NN=[N+](CC[18F])C1)C(=O)O.NC(CCCc1cn(CC[18F])nn1)C(=O)O.NC(Cc1cn(CC[18F])nn1)C(=O)O. The fourth-order valence-electron chi connectivity index (χ4n) is 3.41. The number of carbonyl (C=O) groups is 3. The average Bonchev–Trinajstić information content (AvgIpc) is 3.75. The maximum Gasteiger partial charge on any atom is 0.320 e. The Bertz CT molecular complexity index is 1260. The van der Waals surface area contributed by atoms with Crippen molar-refractivity contribution in [2.24, 2.45) is 27.5 Å². The van der Waals surface area contributed by atoms with Crippen molar-refractivity contribution in [2.45, 2.75) is 69.7 Å². The highest BCUT2D eigenvalue weighted by Gasteiger charge is 2.22. The molecule has 0 spiro atoms. The maximum atomic E-state index is 12.0. The molecular formula is C24H40F3N12O6+. The smallest absolute Gasteiger partial charge is 0.320 e. The molecule has 0 saturated heterocycles. The van der Waals surface area contributed by atoms with Gasteiger partial charge in [0.2, 0.25) is 5.71 Å². The number of carboxylic acids is 3. The summed E-state index contributed by atoms with van der Waals surface area (Å²) >= 11 is 0. The van der Waals surface area contributed by atoms with Crippen LogP contribution in [0.25, 0.3) is 0 Å². The predicted molar refractivity (Wildman–Crippen MR) is 151 cm³/mol. The van der Waals surface area contributed by atoms with Crippen molar-refractivity contribution in [3.05, 3.63) is 23.8 Å². The normalized spacial score (nSPS) is 14.2. The van der Waals surface area contributed by atoms with Crippen molar-refractivity contribution in [2.75, 3.05) is 33.1 Å². The molecule has 45 heavy (non-hydrogen) atoms. The van der Waals surface area contributed by atoms with Crippen LogP contribution in [0, 0.1) is 0 Å². The van der Waals surface area contributed by atoms with Gasteiger partial charge in [0.1, 0.15) is 49.9 Å². The zero-order chi connectivity index (χ0) is 33.8. The molecule has 0 fully saturated rings. The van der Waals surface area contributed by atoms with E-state index in [0.29, 0.717) is 44.3 Å². The molecule has 0 aliphatic carbocycles. The van der Waals surface area contributed by atoms with Crippen LogP contribution in [0.2, 0.25) is 0 Å². The fraction of sp³-hybridized carbons (Fsp3) is 0.667. The highest BCUT2D eigenvalue weighted by atomic mass is 18.2. The Labute approximate surface area is 255 Å². The number of halogens is 3. The predicted octanol–water partition coefficient (Wildman–Crippen LogP) is -0.833. The number of nitrogens with two attached hydrogens (primary N) is 3. The Balaban J connectivity index is 0.000000338. The van der Waals surface area contributed by atoms with E-state index in [1.165, 1.54) is 20.3 Å². The lowest BCUT2D eigenvalue weighted by Gasteiger charge is -2.03. The van der Waals surface area contributed by atoms with E-state index in [2.05, 4.69) is 30.9 Å². The maximum absolute atomic E-state index is 12.0. The molecule has 0 radical (unpaired) electrons. The van der Waals surface area contributed by atoms with E-state index in [-0.39, 0.29) is 26.1 Å². The van der Waals surface area contributed by atoms with Crippen LogP contribution in [-0.4, -0.2) is 125 Å². The quantitative estimate of drug-likeness (QED) is 0.108. The molecule has 1 aliphatic heterocycles. The van der Waals surface area contributed by atoms with Gasteiger partial charge < -0.3 is 32.5 Å². The molecule has 2 aromatic heterocycles. The summed E-state index contributed by atoms with van der Waals surface area (Å²) < 4.78 is 40.0. The van der Waals surface area contributed by atoms with Crippen molar-refractivity contribution in [3.8, 4) is 0 Å². The second-order valence-corrected chi connectivity index (χ2v) is 9.63. The van der Waals surface area contributed by atoms with Gasteiger partial charge in [0, 0.05) is 25.2 Å². The summed E-state index contributed by atoms with van der Waals surface area (Å²) in [5.41, 5.74) is 17.9. The topological polar surface area (TPSA) is 279 Å². The molecule has 3 unspecified atom stereocenters. The number of hydrogen-bond acceptors (Lipinski definition) is 12. The Hall–Kier alpha value is -4.37. The van der Waals surface area contributed by atoms with Crippen LogP contribution in [0.5, 0.6) is 0 Å². The monoisotopic (exact) mass is 646 g/mol. The number of aryl methyl sites for hydroxylation is 3. The summed E-state index contributed by atoms with van der Waals surface area (Å²) in [6.07, 6.45) is 5.68. The first-order chi connectivity index (χ1) is 21.4. The zero-order valence-corrected chi connectivity index (χ0v) is 24.5. The third kappa shape index (κ3) is 16.3. The highest BCUT2D eigenvalue weighted by Crippen LogP contribution is 2.05. The van der Waals surface area contributed by atoms with Crippen LogP contribution >= 0.6 is 0 Å². The Morgan fingerprint density at radius 1 is 0.800 bits per heavy atom. The van der Waals surface area contributed by atoms with E-state index >= 15 is 0 Å². The Morgan fingerprint density at radius 3 is 1.87 bits per heavy atom. The highest BCUT2D eigenvalue weighted by molar-refractivity contribution is 5.86. The number of rotatable bonds is 18. The number of alkyl halides is 3. The molecule has 3 rings (SSSR count). The molecule has 9 N–H and O–H groups in total. The molecule has 0 saturated carbocycles. The van der Waals surface area contributed by atoms with Crippen molar-refractivity contribution in [1.82, 2.24) is 30.0 Å². The molecule has 1 aliphatic rings. The molecule has 252 valence electrons. The lowest BCUT2D eigenvalue weighted by molar-refractivity contribution is -0.576. The van der Waals surface area contributed by atoms with Crippen LogP contribution in [0.3, 0.4) is 0 Å². The van der Waals surface area contributed by atoms with Crippen LogP contribution in [-0.2, 0) is 40.3 Å². The van der Waals surface area contributed by atoms with E-state index in [4.69, 9.17) is 32.5 Å². The van der Waals surface area contributed by atoms with Gasteiger partial charge in [-0.1, -0.05) is 10.4 Å². The van der Waals surface area contributed by atoms with Crippen molar-refractivity contribution >= 4 is 23.6 Å². The fourth-order valence-corrected chi connectivity index (χ4v) is 3.41. The van der Waals surface area contributed by atoms with Gasteiger partial charge >= 0.3 is 17.9 Å². The van der Waals surface area contributed by atoms with Crippen molar-refractivity contribution in [3.63, 3.8) is 0 Å². The molecule has 0 aromatic carbocycles. The molecule has 18 nitrogen and oxygen atoms in total. The standard InChI is InChI=1S/C9H15FN4O2.C8H13FN4O2.C7H11FN4O2/c10-4-5-14-6-7(12-13-14)2-1-3-8(11)9(15)16;9-3-4-13-5-6(11-12-13)1-2-7(10)8(14)15;8-1-2-12-4-5(10-11-12)3-6(9)7(13)14/h6,8H,1-5,11H2,(H,15,16);7H,1-5,10H2;4,6H,1-3,9H2,(H,13,14)/p+1/i10-1;9-1;8-1. The van der Waals surface area contributed by atoms with Crippen molar-refractivity contribution in [1.29, 1.82) is 0 Å². The lowest BCUT2D eigenvalue weighted by atomic mass is 10.1. The van der Waals surface area contributed by atoms with Crippen LogP contribution in [0.15, 0.2) is 22.7 Å². The van der Waals surface area contributed by atoms with Gasteiger partial charge in [-0.3, -0.25) is 14.4 Å². The Morgan fingerprint density at radius 2 is 1.33 bits per heavy atom. The van der Waals surface area contributed by atoms with Gasteiger partial charge in [0.15, 0.2) is 6.54 Å². The number of aliphatic carboxylic acids is 3. The molecule has 3 heterocycles. The lowest BCUT2D eigenvalue weighted by Crippen LogP contribution is -2.32. The third-order valence-electron chi connectivity index (χ3n) is 5.89. The Kier molecular flexibility index (Phi) is 18.3. The minimum Gasteiger partial charge on any atom is -0.480 e. The van der Waals surface area contributed by atoms with Gasteiger partial charge in [0.05, 0.1) is 29.6 Å². The van der Waals surface area contributed by atoms with E-state index in [9.17, 15) is 27.6 Å². The zero-order valence-electron chi connectivity index (χ0n) is 24.5. The van der Waals surface area contributed by atoms with E-state index in [0.717, 1.165) is 11.4 Å². The molecule has 21 heteroatoms. The van der Waals surface area contributed by atoms with Crippen molar-refractivity contribution < 1.29 is 47.6 Å². The summed E-state index contributed by atoms with van der Waals surface area (Å²) in [5, 5.41) is 48.0. The second-order valence-electron chi connectivity index (χ2n) is 9.63. The van der Waals surface area contributed by atoms with Gasteiger partial charge in [-0.15, -0.1) is 10.2 Å². The first kappa shape index (κ1) is 38.7. The van der Waals surface area contributed by atoms with Gasteiger partial charge in [-0.2, -0.15) is 4.70 Å². The largest absolute Gasteiger partial charge is 0.480 e. The van der Waals surface area contributed by atoms with Gasteiger partial charge in [0.25, 0.3) is 0 Å². The van der Waals surface area contributed by atoms with Gasteiger partial charge in [-0.05, 0) is 25.7 Å². The average molecular weight is 647 g/mol. The number of carboxylic acid groups (broad SMARTS) is 3. The summed E-state index contributed by atoms with van der Waals surface area (Å²) in [7, 11) is 0. The summed E-state index contributed by atoms with van der Waals surface area (Å²) in [4.78, 5) is 31.3. The first-order valence-electron chi connectivity index (χ1n) is 13.8.